The highest BCUT2D eigenvalue weighted by Crippen LogP contribution is 2.36. The maximum atomic E-state index is 5.75. The molecular weight excluding hydrogens is 230 g/mol. The Morgan fingerprint density at radius 3 is 2.56 bits per heavy atom. The summed E-state index contributed by atoms with van der Waals surface area (Å²) in [5, 5.41) is 0.763. The van der Waals surface area contributed by atoms with E-state index < -0.39 is 0 Å². The quantitative estimate of drug-likeness (QED) is 0.811. The fourth-order valence-corrected chi connectivity index (χ4v) is 1.68. The second-order valence-corrected chi connectivity index (χ2v) is 3.41. The minimum Gasteiger partial charge on any atom is -0.493 e. The predicted octanol–water partition coefficient (Wildman–Crippen LogP) is 1.88. The first kappa shape index (κ1) is 10.8. The Balaban J connectivity index is 2.86. The number of ether oxygens (including phenoxy) is 2. The SMILES string of the molecule is COc1ccc2c(N)nc(Cl)nc2c1OC. The molecule has 1 heterocycles. The van der Waals surface area contributed by atoms with Gasteiger partial charge in [-0.2, -0.15) is 0 Å². The summed E-state index contributed by atoms with van der Waals surface area (Å²) >= 11 is 5.75. The molecule has 16 heavy (non-hydrogen) atoms. The van der Waals surface area contributed by atoms with Gasteiger partial charge in [0.25, 0.3) is 0 Å². The Hall–Kier alpha value is -1.75. The summed E-state index contributed by atoms with van der Waals surface area (Å²) in [6.07, 6.45) is 0. The molecule has 0 atom stereocenters. The first-order valence-electron chi connectivity index (χ1n) is 4.51. The predicted molar refractivity (Wildman–Crippen MR) is 62.1 cm³/mol. The van der Waals surface area contributed by atoms with E-state index in [1.54, 1.807) is 19.2 Å². The lowest BCUT2D eigenvalue weighted by molar-refractivity contribution is 0.358. The highest BCUT2D eigenvalue weighted by atomic mass is 35.5. The van der Waals surface area contributed by atoms with E-state index in [9.17, 15) is 0 Å². The Morgan fingerprint density at radius 1 is 1.19 bits per heavy atom. The van der Waals surface area contributed by atoms with Crippen LogP contribution in [0.15, 0.2) is 12.1 Å². The Kier molecular flexibility index (Phi) is 2.70. The van der Waals surface area contributed by atoms with Gasteiger partial charge in [0.2, 0.25) is 5.28 Å². The zero-order valence-electron chi connectivity index (χ0n) is 8.82. The van der Waals surface area contributed by atoms with E-state index >= 15 is 0 Å². The Morgan fingerprint density at radius 2 is 1.94 bits per heavy atom. The zero-order chi connectivity index (χ0) is 11.7. The molecule has 0 fully saturated rings. The van der Waals surface area contributed by atoms with Crippen LogP contribution in [0.3, 0.4) is 0 Å². The molecule has 2 N–H and O–H groups in total. The van der Waals surface area contributed by atoms with E-state index in [1.807, 2.05) is 0 Å². The monoisotopic (exact) mass is 239 g/mol. The van der Waals surface area contributed by atoms with Gasteiger partial charge in [-0.25, -0.2) is 9.97 Å². The van der Waals surface area contributed by atoms with Gasteiger partial charge in [0.05, 0.1) is 14.2 Å². The van der Waals surface area contributed by atoms with Crippen LogP contribution in [0.2, 0.25) is 5.28 Å². The summed E-state index contributed by atoms with van der Waals surface area (Å²) in [6, 6.07) is 3.51. The lowest BCUT2D eigenvalue weighted by Gasteiger charge is -2.10. The van der Waals surface area contributed by atoms with Crippen LogP contribution in [0.4, 0.5) is 5.82 Å². The van der Waals surface area contributed by atoms with Crippen LogP contribution < -0.4 is 15.2 Å². The Bertz CT molecular complexity index is 545. The van der Waals surface area contributed by atoms with E-state index in [4.69, 9.17) is 26.8 Å². The van der Waals surface area contributed by atoms with E-state index in [1.165, 1.54) is 7.11 Å². The smallest absolute Gasteiger partial charge is 0.225 e. The van der Waals surface area contributed by atoms with Gasteiger partial charge in [0.15, 0.2) is 11.5 Å². The topological polar surface area (TPSA) is 70.3 Å². The van der Waals surface area contributed by atoms with E-state index in [2.05, 4.69) is 9.97 Å². The maximum Gasteiger partial charge on any atom is 0.225 e. The largest absolute Gasteiger partial charge is 0.493 e. The molecule has 84 valence electrons. The summed E-state index contributed by atoms with van der Waals surface area (Å²) in [6.45, 7) is 0. The summed E-state index contributed by atoms with van der Waals surface area (Å²) in [5.41, 5.74) is 6.28. The molecule has 6 heteroatoms. The highest BCUT2D eigenvalue weighted by molar-refractivity contribution is 6.28. The molecule has 1 aromatic heterocycles. The fourth-order valence-electron chi connectivity index (χ4n) is 1.51. The maximum absolute atomic E-state index is 5.75. The average molecular weight is 240 g/mol. The number of fused-ring (bicyclic) bond motifs is 1. The normalized spacial score (nSPS) is 10.4. The van der Waals surface area contributed by atoms with Gasteiger partial charge in [-0.3, -0.25) is 0 Å². The second-order valence-electron chi connectivity index (χ2n) is 3.08. The van der Waals surface area contributed by atoms with Gasteiger partial charge in [-0.15, -0.1) is 0 Å². The van der Waals surface area contributed by atoms with Gasteiger partial charge >= 0.3 is 0 Å². The molecule has 0 bridgehead atoms. The van der Waals surface area contributed by atoms with Gasteiger partial charge in [0, 0.05) is 5.39 Å². The van der Waals surface area contributed by atoms with Crippen LogP contribution in [0.1, 0.15) is 0 Å². The van der Waals surface area contributed by atoms with E-state index in [0.29, 0.717) is 28.2 Å². The molecule has 0 unspecified atom stereocenters. The average Bonchev–Trinajstić information content (AvgIpc) is 2.27. The van der Waals surface area contributed by atoms with Crippen molar-refractivity contribution in [3.05, 3.63) is 17.4 Å². The van der Waals surface area contributed by atoms with E-state index in [0.717, 1.165) is 0 Å². The molecule has 1 aromatic carbocycles. The molecular formula is C10H10ClN3O2. The van der Waals surface area contributed by atoms with Crippen LogP contribution in [0.5, 0.6) is 11.5 Å². The summed E-state index contributed by atoms with van der Waals surface area (Å²) in [7, 11) is 3.08. The van der Waals surface area contributed by atoms with Gasteiger partial charge in [-0.05, 0) is 23.7 Å². The summed E-state index contributed by atoms with van der Waals surface area (Å²) in [4.78, 5) is 7.95. The minimum absolute atomic E-state index is 0.0801. The van der Waals surface area contributed by atoms with E-state index in [-0.39, 0.29) is 5.28 Å². The van der Waals surface area contributed by atoms with Crippen LogP contribution in [-0.2, 0) is 0 Å². The molecule has 0 amide bonds. The number of methoxy groups -OCH3 is 2. The fraction of sp³-hybridized carbons (Fsp3) is 0.200. The third-order valence-electron chi connectivity index (χ3n) is 2.21. The van der Waals surface area contributed by atoms with Crippen LogP contribution >= 0.6 is 11.6 Å². The molecule has 0 aliphatic rings. The summed E-state index contributed by atoms with van der Waals surface area (Å²) in [5.74, 6) is 1.39. The number of hydrogen-bond acceptors (Lipinski definition) is 5. The molecule has 0 spiro atoms. The number of benzene rings is 1. The third-order valence-corrected chi connectivity index (χ3v) is 2.38. The molecule has 0 saturated carbocycles. The van der Waals surface area contributed by atoms with Crippen LogP contribution in [0, 0.1) is 0 Å². The van der Waals surface area contributed by atoms with Crippen LogP contribution in [0.25, 0.3) is 10.9 Å². The number of anilines is 1. The van der Waals surface area contributed by atoms with Crippen molar-refractivity contribution in [2.24, 2.45) is 0 Å². The molecule has 0 aliphatic heterocycles. The van der Waals surface area contributed by atoms with Gasteiger partial charge in [0.1, 0.15) is 11.3 Å². The number of hydrogen-bond donors (Lipinski definition) is 1. The minimum atomic E-state index is 0.0801. The first-order valence-corrected chi connectivity index (χ1v) is 4.89. The lowest BCUT2D eigenvalue weighted by atomic mass is 10.2. The number of rotatable bonds is 2. The molecule has 0 radical (unpaired) electrons. The Labute approximate surface area is 97.2 Å². The number of nitrogens with two attached hydrogens (primary N) is 1. The van der Waals surface area contributed by atoms with Gasteiger partial charge < -0.3 is 15.2 Å². The standard InChI is InChI=1S/C10H10ClN3O2/c1-15-6-4-3-5-7(8(6)16-2)13-10(11)14-9(5)12/h3-4H,1-2H3,(H2,12,13,14). The van der Waals surface area contributed by atoms with Crippen molar-refractivity contribution in [1.82, 2.24) is 9.97 Å². The number of nitrogen functional groups attached to an aromatic ring is 1. The van der Waals surface area contributed by atoms with Crippen molar-refractivity contribution in [3.8, 4) is 11.5 Å². The molecule has 2 rings (SSSR count). The van der Waals surface area contributed by atoms with Crippen molar-refractivity contribution in [2.45, 2.75) is 0 Å². The van der Waals surface area contributed by atoms with Crippen LogP contribution in [-0.4, -0.2) is 24.2 Å². The highest BCUT2D eigenvalue weighted by Gasteiger charge is 2.13. The van der Waals surface area contributed by atoms with Crippen molar-refractivity contribution >= 4 is 28.3 Å². The lowest BCUT2D eigenvalue weighted by Crippen LogP contribution is -1.98. The van der Waals surface area contributed by atoms with Gasteiger partial charge in [-0.1, -0.05) is 0 Å². The number of nitrogens with zero attached hydrogens (tertiary/aromatic N) is 2. The van der Waals surface area contributed by atoms with Crippen molar-refractivity contribution in [1.29, 1.82) is 0 Å². The summed E-state index contributed by atoms with van der Waals surface area (Å²) < 4.78 is 10.4. The number of halogens is 1. The molecule has 0 aliphatic carbocycles. The van der Waals surface area contributed by atoms with Crippen molar-refractivity contribution in [2.75, 3.05) is 20.0 Å². The molecule has 5 nitrogen and oxygen atoms in total. The molecule has 2 aromatic rings. The third kappa shape index (κ3) is 1.59. The first-order chi connectivity index (χ1) is 7.67. The second kappa shape index (κ2) is 4.02. The molecule has 0 saturated heterocycles. The van der Waals surface area contributed by atoms with Crippen molar-refractivity contribution < 1.29 is 9.47 Å². The van der Waals surface area contributed by atoms with Crippen molar-refractivity contribution in [3.63, 3.8) is 0 Å². The number of aromatic nitrogens is 2. The zero-order valence-corrected chi connectivity index (χ0v) is 9.58.